The minimum Gasteiger partial charge on any atom is -0.267 e. The summed E-state index contributed by atoms with van der Waals surface area (Å²) >= 11 is 3.81. The van der Waals surface area contributed by atoms with Crippen molar-refractivity contribution in [2.45, 2.75) is 11.0 Å². The molecule has 1 saturated heterocycles. The third-order valence-electron chi connectivity index (χ3n) is 3.88. The molecule has 2 N–H and O–H groups in total. The Morgan fingerprint density at radius 2 is 1.59 bits per heavy atom. The number of carbonyl (C=O) groups excluding carboxylic acids is 2. The average molecular weight is 403 g/mol. The van der Waals surface area contributed by atoms with Crippen LogP contribution in [0.4, 0.5) is 5.69 Å². The fourth-order valence-electron chi connectivity index (χ4n) is 2.49. The van der Waals surface area contributed by atoms with Gasteiger partial charge in [0.1, 0.15) is 0 Å². The Bertz CT molecular complexity index is 852. The van der Waals surface area contributed by atoms with Gasteiger partial charge in [-0.25, -0.2) is 0 Å². The van der Waals surface area contributed by atoms with Gasteiger partial charge in [-0.05, 0) is 41.7 Å². The summed E-state index contributed by atoms with van der Waals surface area (Å²) in [5.41, 5.74) is 6.08. The SMILES string of the molecule is O=C(NNC(=O)c1cccc([N+](=O)[O-])c1)c1ccc(C2SCCCS2)cc1. The van der Waals surface area contributed by atoms with E-state index in [1.165, 1.54) is 30.2 Å². The van der Waals surface area contributed by atoms with Gasteiger partial charge < -0.3 is 0 Å². The fraction of sp³-hybridized carbons (Fsp3) is 0.222. The number of benzene rings is 2. The van der Waals surface area contributed by atoms with Crippen molar-refractivity contribution in [2.75, 3.05) is 11.5 Å². The van der Waals surface area contributed by atoms with Crippen LogP contribution < -0.4 is 10.9 Å². The maximum Gasteiger partial charge on any atom is 0.270 e. The quantitative estimate of drug-likeness (QED) is 0.598. The minimum atomic E-state index is -0.626. The minimum absolute atomic E-state index is 0.0891. The first-order valence-electron chi connectivity index (χ1n) is 8.23. The molecule has 1 aliphatic rings. The van der Waals surface area contributed by atoms with Crippen LogP contribution in [0.25, 0.3) is 0 Å². The van der Waals surface area contributed by atoms with Crippen molar-refractivity contribution in [2.24, 2.45) is 0 Å². The highest BCUT2D eigenvalue weighted by Gasteiger charge is 2.17. The highest BCUT2D eigenvalue weighted by Crippen LogP contribution is 2.43. The smallest absolute Gasteiger partial charge is 0.267 e. The number of nitrogens with one attached hydrogen (secondary N) is 2. The number of hydrogen-bond acceptors (Lipinski definition) is 6. The Labute approximate surface area is 164 Å². The highest BCUT2D eigenvalue weighted by atomic mass is 32.2. The molecular weight excluding hydrogens is 386 g/mol. The van der Waals surface area contributed by atoms with E-state index in [1.807, 2.05) is 35.7 Å². The van der Waals surface area contributed by atoms with Crippen LogP contribution in [0.15, 0.2) is 48.5 Å². The summed E-state index contributed by atoms with van der Waals surface area (Å²) in [7, 11) is 0. The van der Waals surface area contributed by atoms with E-state index in [0.717, 1.165) is 17.6 Å². The molecule has 0 radical (unpaired) electrons. The molecule has 2 aromatic rings. The Morgan fingerprint density at radius 1 is 0.963 bits per heavy atom. The molecule has 0 aromatic heterocycles. The Morgan fingerprint density at radius 3 is 2.22 bits per heavy atom. The number of nitrogens with zero attached hydrogens (tertiary/aromatic N) is 1. The normalized spacial score (nSPS) is 14.4. The van der Waals surface area contributed by atoms with Gasteiger partial charge in [0.15, 0.2) is 0 Å². The second-order valence-corrected chi connectivity index (χ2v) is 8.49. The molecule has 1 fully saturated rings. The van der Waals surface area contributed by atoms with Gasteiger partial charge in [-0.15, -0.1) is 23.5 Å². The molecule has 7 nitrogen and oxygen atoms in total. The van der Waals surface area contributed by atoms with Crippen molar-refractivity contribution < 1.29 is 14.5 Å². The van der Waals surface area contributed by atoms with Crippen molar-refractivity contribution in [3.63, 3.8) is 0 Å². The number of hydrogen-bond donors (Lipinski definition) is 2. The summed E-state index contributed by atoms with van der Waals surface area (Å²) in [5.74, 6) is 1.20. The second kappa shape index (κ2) is 8.92. The lowest BCUT2D eigenvalue weighted by atomic mass is 10.1. The van der Waals surface area contributed by atoms with E-state index in [0.29, 0.717) is 10.1 Å². The lowest BCUT2D eigenvalue weighted by molar-refractivity contribution is -0.384. The molecule has 2 amide bonds. The van der Waals surface area contributed by atoms with Crippen molar-refractivity contribution >= 4 is 41.0 Å². The number of nitro benzene ring substituents is 1. The van der Waals surface area contributed by atoms with Crippen LogP contribution >= 0.6 is 23.5 Å². The van der Waals surface area contributed by atoms with Crippen LogP contribution in [-0.4, -0.2) is 28.2 Å². The third kappa shape index (κ3) is 5.01. The van der Waals surface area contributed by atoms with E-state index in [-0.39, 0.29) is 11.3 Å². The van der Waals surface area contributed by atoms with Gasteiger partial charge in [-0.2, -0.15) is 0 Å². The lowest BCUT2D eigenvalue weighted by Crippen LogP contribution is -2.41. The van der Waals surface area contributed by atoms with E-state index in [4.69, 9.17) is 0 Å². The van der Waals surface area contributed by atoms with E-state index in [1.54, 1.807) is 12.1 Å². The van der Waals surface area contributed by atoms with Crippen molar-refractivity contribution in [1.29, 1.82) is 0 Å². The van der Waals surface area contributed by atoms with Crippen LogP contribution in [0.2, 0.25) is 0 Å². The number of non-ortho nitro benzene ring substituents is 1. The van der Waals surface area contributed by atoms with Gasteiger partial charge in [0.2, 0.25) is 0 Å². The molecule has 0 unspecified atom stereocenters. The van der Waals surface area contributed by atoms with Crippen LogP contribution in [0.5, 0.6) is 0 Å². The van der Waals surface area contributed by atoms with Crippen molar-refractivity contribution in [3.8, 4) is 0 Å². The predicted octanol–water partition coefficient (Wildman–Crippen LogP) is 3.54. The zero-order valence-electron chi connectivity index (χ0n) is 14.2. The van der Waals surface area contributed by atoms with Gasteiger partial charge >= 0.3 is 0 Å². The molecule has 0 spiro atoms. The molecule has 0 atom stereocenters. The summed E-state index contributed by atoms with van der Waals surface area (Å²) in [4.78, 5) is 34.4. The summed E-state index contributed by atoms with van der Waals surface area (Å²) < 4.78 is 0.393. The summed E-state index contributed by atoms with van der Waals surface area (Å²) in [6.45, 7) is 0. The van der Waals surface area contributed by atoms with Gasteiger partial charge in [-0.3, -0.25) is 30.6 Å². The molecule has 1 aliphatic heterocycles. The van der Waals surface area contributed by atoms with E-state index >= 15 is 0 Å². The zero-order valence-corrected chi connectivity index (χ0v) is 15.8. The highest BCUT2D eigenvalue weighted by molar-refractivity contribution is 8.16. The monoisotopic (exact) mass is 403 g/mol. The van der Waals surface area contributed by atoms with Crippen LogP contribution in [0.3, 0.4) is 0 Å². The lowest BCUT2D eigenvalue weighted by Gasteiger charge is -2.21. The molecule has 0 saturated carbocycles. The molecule has 27 heavy (non-hydrogen) atoms. The molecule has 0 bridgehead atoms. The summed E-state index contributed by atoms with van der Waals surface area (Å²) in [5, 5.41) is 10.8. The van der Waals surface area contributed by atoms with Gasteiger partial charge in [0.25, 0.3) is 17.5 Å². The zero-order chi connectivity index (χ0) is 19.2. The van der Waals surface area contributed by atoms with Crippen molar-refractivity contribution in [3.05, 3.63) is 75.3 Å². The molecular formula is C18H17N3O4S2. The van der Waals surface area contributed by atoms with Gasteiger partial charge in [0.05, 0.1) is 9.51 Å². The predicted molar refractivity (Wildman–Crippen MR) is 107 cm³/mol. The van der Waals surface area contributed by atoms with Crippen molar-refractivity contribution in [1.82, 2.24) is 10.9 Å². The Balaban J connectivity index is 1.58. The van der Waals surface area contributed by atoms with E-state index in [2.05, 4.69) is 10.9 Å². The first-order chi connectivity index (χ1) is 13.0. The standard InChI is InChI=1S/C18H17N3O4S2/c22-16(12-5-7-13(8-6-12)18-26-9-2-10-27-18)19-20-17(23)14-3-1-4-15(11-14)21(24)25/h1,3-8,11,18H,2,9-10H2,(H,19,22)(H,20,23). The molecule has 3 rings (SSSR count). The number of hydrazine groups is 1. The van der Waals surface area contributed by atoms with Crippen LogP contribution in [-0.2, 0) is 0 Å². The van der Waals surface area contributed by atoms with Gasteiger partial charge in [-0.1, -0.05) is 18.2 Å². The topological polar surface area (TPSA) is 101 Å². The van der Waals surface area contributed by atoms with Crippen LogP contribution in [0.1, 0.15) is 37.3 Å². The summed E-state index contributed by atoms with van der Waals surface area (Å²) in [6.07, 6.45) is 1.22. The largest absolute Gasteiger partial charge is 0.270 e. The Kier molecular flexibility index (Phi) is 6.36. The molecule has 140 valence electrons. The summed E-state index contributed by atoms with van der Waals surface area (Å²) in [6, 6.07) is 12.6. The number of amides is 2. The van der Waals surface area contributed by atoms with E-state index in [9.17, 15) is 19.7 Å². The third-order valence-corrected chi connectivity index (χ3v) is 6.90. The maximum atomic E-state index is 12.2. The maximum absolute atomic E-state index is 12.2. The Hall–Kier alpha value is -2.52. The molecule has 9 heteroatoms. The number of carbonyl (C=O) groups is 2. The molecule has 2 aromatic carbocycles. The van der Waals surface area contributed by atoms with Gasteiger partial charge in [0, 0.05) is 23.3 Å². The molecule has 0 aliphatic carbocycles. The van der Waals surface area contributed by atoms with E-state index < -0.39 is 16.7 Å². The molecule has 1 heterocycles. The first kappa shape index (κ1) is 19.2. The van der Waals surface area contributed by atoms with Crippen LogP contribution in [0, 0.1) is 10.1 Å². The second-order valence-electron chi connectivity index (χ2n) is 5.76. The number of rotatable bonds is 4. The number of thioether (sulfide) groups is 2. The first-order valence-corrected chi connectivity index (χ1v) is 10.3. The average Bonchev–Trinajstić information content (AvgIpc) is 2.72. The fourth-order valence-corrected chi connectivity index (χ4v) is 5.38. The number of nitro groups is 1.